The number of urea groups is 1. The molecule has 6 nitrogen and oxygen atoms in total. The highest BCUT2D eigenvalue weighted by atomic mass is 16.3. The number of hydrogen-bond acceptors (Lipinski definition) is 3. The topological polar surface area (TPSA) is 97.4 Å². The van der Waals surface area contributed by atoms with E-state index in [-0.39, 0.29) is 11.9 Å². The summed E-state index contributed by atoms with van der Waals surface area (Å²) < 4.78 is 5.36. The molecule has 1 heterocycles. The third-order valence-electron chi connectivity index (χ3n) is 3.20. The molecule has 6 heteroatoms. The highest BCUT2D eigenvalue weighted by Gasteiger charge is 2.08. The first-order valence-corrected chi connectivity index (χ1v) is 7.15. The molecular weight excluding hydrogens is 294 g/mol. The average Bonchev–Trinajstić information content (AvgIpc) is 2.91. The molecule has 23 heavy (non-hydrogen) atoms. The van der Waals surface area contributed by atoms with Crippen molar-refractivity contribution in [2.75, 3.05) is 5.32 Å². The van der Waals surface area contributed by atoms with Gasteiger partial charge < -0.3 is 20.8 Å². The van der Waals surface area contributed by atoms with Crippen LogP contribution in [0.1, 0.15) is 30.0 Å². The third kappa shape index (κ3) is 5.03. The van der Waals surface area contributed by atoms with Gasteiger partial charge in [0, 0.05) is 11.8 Å². The lowest BCUT2D eigenvalue weighted by Crippen LogP contribution is -2.24. The fourth-order valence-electron chi connectivity index (χ4n) is 2.04. The van der Waals surface area contributed by atoms with E-state index in [9.17, 15) is 9.59 Å². The molecule has 0 radical (unpaired) electrons. The number of rotatable bonds is 5. The molecule has 2 rings (SSSR count). The van der Waals surface area contributed by atoms with Crippen LogP contribution in [0.5, 0.6) is 0 Å². The predicted molar refractivity (Wildman–Crippen MR) is 88.7 cm³/mol. The molecule has 120 valence electrons. The molecule has 3 amide bonds. The Hall–Kier alpha value is -3.02. The fraction of sp³-hybridized carbons (Fsp3) is 0.176. The van der Waals surface area contributed by atoms with Gasteiger partial charge in [-0.1, -0.05) is 12.1 Å². The van der Waals surface area contributed by atoms with Gasteiger partial charge in [-0.05, 0) is 49.8 Å². The molecule has 1 unspecified atom stereocenters. The second kappa shape index (κ2) is 7.31. The quantitative estimate of drug-likeness (QED) is 0.740. The van der Waals surface area contributed by atoms with Gasteiger partial charge in [0.2, 0.25) is 5.91 Å². The van der Waals surface area contributed by atoms with Crippen LogP contribution in [0.3, 0.4) is 0 Å². The Morgan fingerprint density at radius 1 is 1.17 bits per heavy atom. The van der Waals surface area contributed by atoms with Gasteiger partial charge in [-0.15, -0.1) is 0 Å². The van der Waals surface area contributed by atoms with E-state index in [1.807, 2.05) is 32.0 Å². The number of benzene rings is 1. The number of hydrogen-bond donors (Lipinski definition) is 3. The first-order chi connectivity index (χ1) is 10.9. The predicted octanol–water partition coefficient (Wildman–Crippen LogP) is 2.97. The Labute approximate surface area is 134 Å². The number of aryl methyl sites for hydroxylation is 1. The maximum absolute atomic E-state index is 11.9. The molecule has 0 aliphatic rings. The minimum absolute atomic E-state index is 0.173. The SMILES string of the molecule is Cc1ccc(/C=C/C(=O)NC(C)c2ccc(NC(N)=O)cc2)o1. The third-order valence-corrected chi connectivity index (χ3v) is 3.20. The molecule has 0 aliphatic carbocycles. The van der Waals surface area contributed by atoms with Crippen molar-refractivity contribution in [2.24, 2.45) is 5.73 Å². The number of carbonyl (C=O) groups is 2. The summed E-state index contributed by atoms with van der Waals surface area (Å²) in [5.41, 5.74) is 6.57. The lowest BCUT2D eigenvalue weighted by molar-refractivity contribution is -0.117. The number of furan rings is 1. The molecule has 2 aromatic rings. The molecule has 1 aromatic heterocycles. The number of anilines is 1. The first kappa shape index (κ1) is 16.4. The molecule has 4 N–H and O–H groups in total. The van der Waals surface area contributed by atoms with E-state index in [0.29, 0.717) is 11.4 Å². The minimum atomic E-state index is -0.614. The zero-order valence-corrected chi connectivity index (χ0v) is 13.0. The van der Waals surface area contributed by atoms with Crippen molar-refractivity contribution in [3.05, 3.63) is 59.6 Å². The van der Waals surface area contributed by atoms with E-state index in [0.717, 1.165) is 11.3 Å². The molecule has 0 aliphatic heterocycles. The molecule has 1 aromatic carbocycles. The van der Waals surface area contributed by atoms with E-state index in [1.54, 1.807) is 24.3 Å². The van der Waals surface area contributed by atoms with Crippen molar-refractivity contribution in [1.82, 2.24) is 5.32 Å². The first-order valence-electron chi connectivity index (χ1n) is 7.15. The van der Waals surface area contributed by atoms with Gasteiger partial charge in [0.1, 0.15) is 11.5 Å². The van der Waals surface area contributed by atoms with Crippen LogP contribution in [0, 0.1) is 6.92 Å². The molecule has 0 spiro atoms. The molecule has 0 bridgehead atoms. The van der Waals surface area contributed by atoms with Crippen molar-refractivity contribution >= 4 is 23.7 Å². The van der Waals surface area contributed by atoms with E-state index in [1.165, 1.54) is 6.08 Å². The zero-order chi connectivity index (χ0) is 16.8. The van der Waals surface area contributed by atoms with Crippen molar-refractivity contribution in [2.45, 2.75) is 19.9 Å². The molecule has 0 saturated carbocycles. The highest BCUT2D eigenvalue weighted by Crippen LogP contribution is 2.16. The van der Waals surface area contributed by atoms with Crippen LogP contribution in [0.4, 0.5) is 10.5 Å². The molecular formula is C17H19N3O3. The Kier molecular flexibility index (Phi) is 5.19. The summed E-state index contributed by atoms with van der Waals surface area (Å²) in [6.45, 7) is 3.72. The number of nitrogens with two attached hydrogens (primary N) is 1. The summed E-state index contributed by atoms with van der Waals surface area (Å²) in [5, 5.41) is 5.34. The molecule has 0 saturated heterocycles. The summed E-state index contributed by atoms with van der Waals surface area (Å²) in [5.74, 6) is 1.21. The number of primary amides is 1. The van der Waals surface area contributed by atoms with Gasteiger partial charge in [0.05, 0.1) is 6.04 Å². The van der Waals surface area contributed by atoms with Crippen molar-refractivity contribution in [3.8, 4) is 0 Å². The van der Waals surface area contributed by atoms with Crippen LogP contribution in [0.25, 0.3) is 6.08 Å². The average molecular weight is 313 g/mol. The van der Waals surface area contributed by atoms with Crippen LogP contribution in [0.15, 0.2) is 46.9 Å². The van der Waals surface area contributed by atoms with Crippen LogP contribution in [-0.2, 0) is 4.79 Å². The van der Waals surface area contributed by atoms with E-state index in [2.05, 4.69) is 10.6 Å². The monoisotopic (exact) mass is 313 g/mol. The lowest BCUT2D eigenvalue weighted by Gasteiger charge is -2.13. The zero-order valence-electron chi connectivity index (χ0n) is 13.0. The maximum Gasteiger partial charge on any atom is 0.316 e. The van der Waals surface area contributed by atoms with E-state index < -0.39 is 6.03 Å². The van der Waals surface area contributed by atoms with Crippen LogP contribution >= 0.6 is 0 Å². The van der Waals surface area contributed by atoms with Crippen molar-refractivity contribution < 1.29 is 14.0 Å². The number of carbonyl (C=O) groups excluding carboxylic acids is 2. The second-order valence-corrected chi connectivity index (χ2v) is 5.12. The standard InChI is InChI=1S/C17H19N3O3/c1-11-3-8-15(23-11)9-10-16(21)19-12(2)13-4-6-14(7-5-13)20-17(18)22/h3-10,12H,1-2H3,(H,19,21)(H3,18,20,22)/b10-9+. The Morgan fingerprint density at radius 2 is 1.87 bits per heavy atom. The molecule has 1 atom stereocenters. The lowest BCUT2D eigenvalue weighted by atomic mass is 10.1. The minimum Gasteiger partial charge on any atom is -0.462 e. The summed E-state index contributed by atoms with van der Waals surface area (Å²) in [6, 6.07) is 9.93. The van der Waals surface area contributed by atoms with Gasteiger partial charge in [-0.2, -0.15) is 0 Å². The van der Waals surface area contributed by atoms with Gasteiger partial charge >= 0.3 is 6.03 Å². The van der Waals surface area contributed by atoms with Gasteiger partial charge in [-0.25, -0.2) is 4.79 Å². The Balaban J connectivity index is 1.92. The van der Waals surface area contributed by atoms with E-state index in [4.69, 9.17) is 10.2 Å². The second-order valence-electron chi connectivity index (χ2n) is 5.12. The normalized spacial score (nSPS) is 12.1. The van der Waals surface area contributed by atoms with Crippen molar-refractivity contribution in [1.29, 1.82) is 0 Å². The van der Waals surface area contributed by atoms with Crippen LogP contribution in [0.2, 0.25) is 0 Å². The molecule has 0 fully saturated rings. The summed E-state index contributed by atoms with van der Waals surface area (Å²) in [4.78, 5) is 22.7. The summed E-state index contributed by atoms with van der Waals surface area (Å²) in [7, 11) is 0. The van der Waals surface area contributed by atoms with Gasteiger partial charge in [0.15, 0.2) is 0 Å². The van der Waals surface area contributed by atoms with Gasteiger partial charge in [-0.3, -0.25) is 4.79 Å². The van der Waals surface area contributed by atoms with Crippen LogP contribution in [-0.4, -0.2) is 11.9 Å². The smallest absolute Gasteiger partial charge is 0.316 e. The number of amides is 3. The summed E-state index contributed by atoms with van der Waals surface area (Å²) in [6.07, 6.45) is 3.05. The van der Waals surface area contributed by atoms with Crippen molar-refractivity contribution in [3.63, 3.8) is 0 Å². The van der Waals surface area contributed by atoms with E-state index >= 15 is 0 Å². The fourth-order valence-corrected chi connectivity index (χ4v) is 2.04. The Morgan fingerprint density at radius 3 is 2.43 bits per heavy atom. The number of nitrogens with one attached hydrogen (secondary N) is 2. The largest absolute Gasteiger partial charge is 0.462 e. The highest BCUT2D eigenvalue weighted by molar-refractivity contribution is 5.91. The summed E-state index contributed by atoms with van der Waals surface area (Å²) >= 11 is 0. The Bertz CT molecular complexity index is 717. The maximum atomic E-state index is 11.9. The van der Waals surface area contributed by atoms with Gasteiger partial charge in [0.25, 0.3) is 0 Å². The van der Waals surface area contributed by atoms with Crippen LogP contribution < -0.4 is 16.4 Å².